The van der Waals surface area contributed by atoms with E-state index in [4.69, 9.17) is 16.6 Å². The van der Waals surface area contributed by atoms with Crippen LogP contribution < -0.4 is 10.6 Å². The Morgan fingerprint density at radius 1 is 1.18 bits per heavy atom. The molecule has 5 rings (SSSR count). The zero-order valence-corrected chi connectivity index (χ0v) is 23.2. The van der Waals surface area contributed by atoms with Crippen LogP contribution in [-0.4, -0.2) is 56.1 Å². The third-order valence-electron chi connectivity index (χ3n) is 7.22. The normalized spacial score (nSPS) is 15.6. The number of amides is 1. The van der Waals surface area contributed by atoms with Crippen molar-refractivity contribution < 1.29 is 14.3 Å². The Balaban J connectivity index is 1.80. The number of hydrogen-bond donors (Lipinski definition) is 1. The van der Waals surface area contributed by atoms with E-state index in [0.717, 1.165) is 5.56 Å². The van der Waals surface area contributed by atoms with Crippen LogP contribution in [0.5, 0.6) is 5.75 Å². The number of carbonyl (C=O) groups is 1. The first-order valence-electron chi connectivity index (χ1n) is 13.0. The number of pyridine rings is 1. The monoisotopic (exact) mass is 561 g/mol. The van der Waals surface area contributed by atoms with E-state index in [0.29, 0.717) is 36.5 Å². The molecule has 206 valence electrons. The zero-order chi connectivity index (χ0) is 28.7. The summed E-state index contributed by atoms with van der Waals surface area (Å²) in [6.45, 7) is 10.8. The summed E-state index contributed by atoms with van der Waals surface area (Å²) in [6, 6.07) is 12.8. The number of fused-ring (bicyclic) bond motifs is 1. The van der Waals surface area contributed by atoms with Gasteiger partial charge in [0.2, 0.25) is 5.91 Å². The van der Waals surface area contributed by atoms with Crippen LogP contribution in [0.4, 0.5) is 10.2 Å². The third-order valence-corrected chi connectivity index (χ3v) is 7.50. The van der Waals surface area contributed by atoms with Crippen molar-refractivity contribution in [3.05, 3.63) is 88.1 Å². The average Bonchev–Trinajstić information content (AvgIpc) is 2.92. The number of piperazine rings is 1. The molecule has 0 spiro atoms. The molecule has 1 N–H and O–H groups in total. The van der Waals surface area contributed by atoms with E-state index < -0.39 is 11.5 Å². The Kier molecular flexibility index (Phi) is 7.33. The summed E-state index contributed by atoms with van der Waals surface area (Å²) in [7, 11) is 0. The van der Waals surface area contributed by atoms with Crippen molar-refractivity contribution in [2.75, 3.05) is 24.5 Å². The smallest absolute Gasteiger partial charge is 0.355 e. The molecule has 40 heavy (non-hydrogen) atoms. The highest BCUT2D eigenvalue weighted by Crippen LogP contribution is 2.39. The molecule has 2 aromatic heterocycles. The van der Waals surface area contributed by atoms with Crippen molar-refractivity contribution in [2.24, 2.45) is 0 Å². The van der Waals surface area contributed by atoms with Crippen LogP contribution in [0.25, 0.3) is 28.0 Å². The van der Waals surface area contributed by atoms with Crippen LogP contribution in [-0.2, 0) is 4.79 Å². The summed E-state index contributed by atoms with van der Waals surface area (Å²) in [5.41, 5.74) is 1.00. The van der Waals surface area contributed by atoms with Gasteiger partial charge in [0.1, 0.15) is 17.4 Å². The Hall–Kier alpha value is -4.24. The van der Waals surface area contributed by atoms with Crippen molar-refractivity contribution in [1.82, 2.24) is 19.4 Å². The molecule has 10 heteroatoms. The fraction of sp³-hybridized carbons (Fsp3) is 0.267. The highest BCUT2D eigenvalue weighted by atomic mass is 35.5. The topological polar surface area (TPSA) is 91.6 Å². The number of phenolic OH excluding ortho intramolecular Hbond substituents is 1. The lowest BCUT2D eigenvalue weighted by atomic mass is 10.0. The van der Waals surface area contributed by atoms with E-state index in [-0.39, 0.29) is 45.5 Å². The van der Waals surface area contributed by atoms with E-state index in [1.807, 2.05) is 49.9 Å². The number of rotatable bonds is 5. The van der Waals surface area contributed by atoms with Crippen molar-refractivity contribution in [3.63, 3.8) is 0 Å². The SMILES string of the molecule is C=CC(=O)N1CCN(c2nc(=O)n(-c3ccccc3C(C)C)c3nc(-c4c(O)cccc4F)c(Cl)cc23)C(C)C1. The summed E-state index contributed by atoms with van der Waals surface area (Å²) in [4.78, 5) is 38.9. The van der Waals surface area contributed by atoms with Gasteiger partial charge in [-0.2, -0.15) is 4.98 Å². The highest BCUT2D eigenvalue weighted by Gasteiger charge is 2.30. The Bertz CT molecular complexity index is 1680. The summed E-state index contributed by atoms with van der Waals surface area (Å²) in [6.07, 6.45) is 1.28. The number of halogens is 2. The lowest BCUT2D eigenvalue weighted by Gasteiger charge is -2.40. The Morgan fingerprint density at radius 2 is 1.93 bits per heavy atom. The molecule has 0 aliphatic carbocycles. The van der Waals surface area contributed by atoms with Crippen LogP contribution >= 0.6 is 11.6 Å². The van der Waals surface area contributed by atoms with Gasteiger partial charge in [-0.15, -0.1) is 0 Å². The number of phenols is 1. The number of aromatic nitrogens is 3. The molecule has 1 saturated heterocycles. The van der Waals surface area contributed by atoms with E-state index in [1.54, 1.807) is 11.0 Å². The van der Waals surface area contributed by atoms with Gasteiger partial charge in [-0.1, -0.05) is 56.3 Å². The standard InChI is InChI=1S/C30H29ClFN5O3/c1-5-25(39)35-13-14-36(18(4)16-35)28-20-15-21(31)27(26-22(32)10-8-12-24(26)38)33-29(20)37(30(40)34-28)23-11-7-6-9-19(23)17(2)3/h5-12,15,17-18,38H,1,13-14,16H2,2-4H3. The Morgan fingerprint density at radius 3 is 2.60 bits per heavy atom. The first kappa shape index (κ1) is 27.3. The molecule has 1 aliphatic rings. The fourth-order valence-corrected chi connectivity index (χ4v) is 5.49. The molecule has 1 amide bonds. The maximum absolute atomic E-state index is 15.0. The van der Waals surface area contributed by atoms with Crippen LogP contribution in [0.3, 0.4) is 0 Å². The number of aromatic hydroxyl groups is 1. The minimum Gasteiger partial charge on any atom is -0.507 e. The average molecular weight is 562 g/mol. The van der Waals surface area contributed by atoms with Crippen molar-refractivity contribution in [1.29, 1.82) is 0 Å². The van der Waals surface area contributed by atoms with Gasteiger partial charge >= 0.3 is 5.69 Å². The van der Waals surface area contributed by atoms with Crippen LogP contribution in [0.1, 0.15) is 32.3 Å². The maximum atomic E-state index is 15.0. The van der Waals surface area contributed by atoms with Gasteiger partial charge in [0.15, 0.2) is 5.65 Å². The highest BCUT2D eigenvalue weighted by molar-refractivity contribution is 6.34. The lowest BCUT2D eigenvalue weighted by molar-refractivity contribution is -0.126. The fourth-order valence-electron chi connectivity index (χ4n) is 5.25. The van der Waals surface area contributed by atoms with E-state index >= 15 is 0 Å². The number of nitrogens with zero attached hydrogens (tertiary/aromatic N) is 5. The van der Waals surface area contributed by atoms with E-state index in [1.165, 1.54) is 28.8 Å². The maximum Gasteiger partial charge on any atom is 0.355 e. The number of para-hydroxylation sites is 1. The second-order valence-electron chi connectivity index (χ2n) is 10.1. The molecule has 3 heterocycles. The molecule has 1 fully saturated rings. The molecule has 0 bridgehead atoms. The summed E-state index contributed by atoms with van der Waals surface area (Å²) in [5.74, 6) is -0.734. The van der Waals surface area contributed by atoms with Crippen molar-refractivity contribution in [2.45, 2.75) is 32.7 Å². The van der Waals surface area contributed by atoms with Gasteiger partial charge < -0.3 is 14.9 Å². The second kappa shape index (κ2) is 10.7. The number of carbonyl (C=O) groups excluding carboxylic acids is 1. The van der Waals surface area contributed by atoms with Crippen molar-refractivity contribution >= 4 is 34.4 Å². The molecule has 1 unspecified atom stereocenters. The molecule has 8 nitrogen and oxygen atoms in total. The Labute approximate surface area is 236 Å². The quantitative estimate of drug-likeness (QED) is 0.333. The zero-order valence-electron chi connectivity index (χ0n) is 22.4. The van der Waals surface area contributed by atoms with E-state index in [9.17, 15) is 19.1 Å². The van der Waals surface area contributed by atoms with Gasteiger partial charge in [-0.05, 0) is 48.7 Å². The molecule has 0 saturated carbocycles. The molecule has 1 atom stereocenters. The first-order chi connectivity index (χ1) is 19.1. The van der Waals surface area contributed by atoms with Gasteiger partial charge in [0.25, 0.3) is 0 Å². The largest absolute Gasteiger partial charge is 0.507 e. The predicted molar refractivity (Wildman–Crippen MR) is 155 cm³/mol. The van der Waals surface area contributed by atoms with Gasteiger partial charge in [-0.3, -0.25) is 4.79 Å². The minimum atomic E-state index is -0.698. The van der Waals surface area contributed by atoms with E-state index in [2.05, 4.69) is 11.6 Å². The van der Waals surface area contributed by atoms with Crippen LogP contribution in [0.2, 0.25) is 5.02 Å². The molecule has 4 aromatic rings. The number of hydrogen-bond acceptors (Lipinski definition) is 6. The van der Waals surface area contributed by atoms with Crippen molar-refractivity contribution in [3.8, 4) is 22.7 Å². The first-order valence-corrected chi connectivity index (χ1v) is 13.4. The molecule has 0 radical (unpaired) electrons. The number of anilines is 1. The molecular weight excluding hydrogens is 533 g/mol. The third kappa shape index (κ3) is 4.70. The van der Waals surface area contributed by atoms with Gasteiger partial charge in [-0.25, -0.2) is 18.7 Å². The molecule has 2 aromatic carbocycles. The molecule has 1 aliphatic heterocycles. The lowest BCUT2D eigenvalue weighted by Crippen LogP contribution is -2.54. The summed E-state index contributed by atoms with van der Waals surface area (Å²) in [5, 5.41) is 11.1. The number of benzene rings is 2. The minimum absolute atomic E-state index is 0.00606. The second-order valence-corrected chi connectivity index (χ2v) is 10.5. The predicted octanol–water partition coefficient (Wildman–Crippen LogP) is 5.29. The van der Waals surface area contributed by atoms with Crippen LogP contribution in [0.15, 0.2) is 66.0 Å². The van der Waals surface area contributed by atoms with Crippen LogP contribution in [0, 0.1) is 5.82 Å². The van der Waals surface area contributed by atoms with Gasteiger partial charge in [0, 0.05) is 25.7 Å². The summed E-state index contributed by atoms with van der Waals surface area (Å²) >= 11 is 6.69. The summed E-state index contributed by atoms with van der Waals surface area (Å²) < 4.78 is 16.4. The van der Waals surface area contributed by atoms with Gasteiger partial charge in [0.05, 0.1) is 27.4 Å². The molecular formula is C30H29ClFN5O3.